The molecule has 1 heterocycles. The lowest BCUT2D eigenvalue weighted by Gasteiger charge is -2.13. The zero-order chi connectivity index (χ0) is 14.5. The molecule has 1 aromatic carbocycles. The van der Waals surface area contributed by atoms with Gasteiger partial charge in [-0.05, 0) is 24.6 Å². The summed E-state index contributed by atoms with van der Waals surface area (Å²) in [5.74, 6) is -0.257. The summed E-state index contributed by atoms with van der Waals surface area (Å²) in [7, 11) is 0. The van der Waals surface area contributed by atoms with Crippen molar-refractivity contribution >= 4 is 18.3 Å². The minimum Gasteiger partial charge on any atom is -0.267 e. The molecule has 0 saturated carbocycles. The highest BCUT2D eigenvalue weighted by atomic mass is 35.5. The van der Waals surface area contributed by atoms with Crippen LogP contribution in [0.2, 0.25) is 0 Å². The maximum atomic E-state index is 12.0. The van der Waals surface area contributed by atoms with Gasteiger partial charge in [-0.15, -0.1) is 12.4 Å². The summed E-state index contributed by atoms with van der Waals surface area (Å²) in [6.45, 7) is 0. The van der Waals surface area contributed by atoms with Crippen molar-refractivity contribution in [3.63, 3.8) is 0 Å². The van der Waals surface area contributed by atoms with E-state index in [4.69, 9.17) is 0 Å². The van der Waals surface area contributed by atoms with Crippen molar-refractivity contribution in [3.05, 3.63) is 84.0 Å². The summed E-state index contributed by atoms with van der Waals surface area (Å²) < 4.78 is 1.83. The standard InChI is InChI=1S/C17H15N3O.ClH/c21-17(14-7-3-1-4-8-14)19-15-11-12-20(18-13-15)16-9-5-2-6-10-16;/h1,3-13,16H,2H2;1H. The Hall–Kier alpha value is -2.46. The normalized spacial score (nSPS) is 14.6. The second-order valence-corrected chi connectivity index (χ2v) is 4.73. The molecule has 2 aromatic rings. The monoisotopic (exact) mass is 313 g/mol. The number of nitrogens with zero attached hydrogens (tertiary/aromatic N) is 3. The quantitative estimate of drug-likeness (QED) is 0.800. The van der Waals surface area contributed by atoms with Crippen molar-refractivity contribution in [2.45, 2.75) is 12.5 Å². The lowest BCUT2D eigenvalue weighted by atomic mass is 10.1. The molecule has 22 heavy (non-hydrogen) atoms. The maximum absolute atomic E-state index is 12.0. The Morgan fingerprint density at radius 3 is 2.50 bits per heavy atom. The van der Waals surface area contributed by atoms with E-state index in [0.29, 0.717) is 10.9 Å². The molecule has 3 rings (SSSR count). The van der Waals surface area contributed by atoms with Crippen molar-refractivity contribution in [3.8, 4) is 0 Å². The van der Waals surface area contributed by atoms with Crippen LogP contribution < -0.4 is 5.36 Å². The number of rotatable bonds is 2. The fourth-order valence-corrected chi connectivity index (χ4v) is 2.12. The number of hydrogen-bond acceptors (Lipinski definition) is 2. The molecule has 0 saturated heterocycles. The Morgan fingerprint density at radius 1 is 1.14 bits per heavy atom. The van der Waals surface area contributed by atoms with E-state index in [1.807, 2.05) is 29.1 Å². The van der Waals surface area contributed by atoms with Gasteiger partial charge in [0.05, 0.1) is 17.6 Å². The summed E-state index contributed by atoms with van der Waals surface area (Å²) in [6.07, 6.45) is 12.8. The van der Waals surface area contributed by atoms with Gasteiger partial charge in [0.1, 0.15) is 0 Å². The van der Waals surface area contributed by atoms with Crippen LogP contribution in [0.4, 0.5) is 0 Å². The van der Waals surface area contributed by atoms with Crippen molar-refractivity contribution in [1.29, 1.82) is 0 Å². The third kappa shape index (κ3) is 3.80. The van der Waals surface area contributed by atoms with Crippen molar-refractivity contribution < 1.29 is 4.79 Å². The summed E-state index contributed by atoms with van der Waals surface area (Å²) in [5.41, 5.74) is 0.576. The van der Waals surface area contributed by atoms with Gasteiger partial charge in [-0.25, -0.2) is 4.99 Å². The molecule has 0 bridgehead atoms. The smallest absolute Gasteiger partial charge is 0.267 e. The fourth-order valence-electron chi connectivity index (χ4n) is 2.12. The van der Waals surface area contributed by atoms with Gasteiger partial charge in [0.15, 0.2) is 0 Å². The van der Waals surface area contributed by atoms with E-state index in [2.05, 4.69) is 34.4 Å². The van der Waals surface area contributed by atoms with Crippen LogP contribution in [0.3, 0.4) is 0 Å². The second kappa shape index (κ2) is 7.52. The van der Waals surface area contributed by atoms with Crippen LogP contribution in [0.15, 0.2) is 78.1 Å². The van der Waals surface area contributed by atoms with E-state index in [1.54, 1.807) is 24.4 Å². The molecule has 1 amide bonds. The molecule has 112 valence electrons. The second-order valence-electron chi connectivity index (χ2n) is 4.73. The minimum absolute atomic E-state index is 0. The number of aromatic nitrogens is 2. The van der Waals surface area contributed by atoms with Gasteiger partial charge in [0.25, 0.3) is 5.91 Å². The van der Waals surface area contributed by atoms with Crippen LogP contribution >= 0.6 is 12.4 Å². The summed E-state index contributed by atoms with van der Waals surface area (Å²) in [6, 6.07) is 10.9. The molecule has 0 N–H and O–H groups in total. The molecule has 0 fully saturated rings. The van der Waals surface area contributed by atoms with Crippen LogP contribution in [0, 0.1) is 0 Å². The molecule has 0 unspecified atom stereocenters. The predicted octanol–water partition coefficient (Wildman–Crippen LogP) is 3.10. The van der Waals surface area contributed by atoms with Gasteiger partial charge >= 0.3 is 0 Å². The van der Waals surface area contributed by atoms with Crippen LogP contribution in [-0.4, -0.2) is 15.7 Å². The van der Waals surface area contributed by atoms with E-state index in [-0.39, 0.29) is 24.4 Å². The Morgan fingerprint density at radius 2 is 1.86 bits per heavy atom. The number of carbonyl (C=O) groups is 1. The van der Waals surface area contributed by atoms with Crippen molar-refractivity contribution in [2.75, 3.05) is 0 Å². The molecule has 4 nitrogen and oxygen atoms in total. The lowest BCUT2D eigenvalue weighted by molar-refractivity contribution is 0.0998. The summed E-state index contributed by atoms with van der Waals surface area (Å²) in [5, 5.41) is 4.88. The average molecular weight is 314 g/mol. The van der Waals surface area contributed by atoms with Crippen molar-refractivity contribution in [1.82, 2.24) is 9.78 Å². The van der Waals surface area contributed by atoms with Crippen LogP contribution in [0.25, 0.3) is 0 Å². The van der Waals surface area contributed by atoms with E-state index < -0.39 is 0 Å². The molecule has 0 radical (unpaired) electrons. The number of hydrogen-bond donors (Lipinski definition) is 0. The lowest BCUT2D eigenvalue weighted by Crippen LogP contribution is -2.15. The van der Waals surface area contributed by atoms with Gasteiger partial charge < -0.3 is 0 Å². The minimum atomic E-state index is -0.257. The molecule has 0 spiro atoms. The van der Waals surface area contributed by atoms with Gasteiger partial charge in [-0.3, -0.25) is 9.48 Å². The van der Waals surface area contributed by atoms with E-state index >= 15 is 0 Å². The Balaban J connectivity index is 0.00000176. The van der Waals surface area contributed by atoms with Gasteiger partial charge in [0.2, 0.25) is 0 Å². The zero-order valence-electron chi connectivity index (χ0n) is 11.9. The highest BCUT2D eigenvalue weighted by molar-refractivity contribution is 5.94. The Labute approximate surface area is 134 Å². The number of benzene rings is 1. The molecular weight excluding hydrogens is 298 g/mol. The molecule has 5 heteroatoms. The van der Waals surface area contributed by atoms with Gasteiger partial charge in [0, 0.05) is 11.8 Å². The average Bonchev–Trinajstić information content (AvgIpc) is 2.57. The third-order valence-electron chi connectivity index (χ3n) is 3.22. The van der Waals surface area contributed by atoms with E-state index in [0.717, 1.165) is 6.42 Å². The third-order valence-corrected chi connectivity index (χ3v) is 3.22. The van der Waals surface area contributed by atoms with Gasteiger partial charge in [-0.1, -0.05) is 42.5 Å². The van der Waals surface area contributed by atoms with Crippen LogP contribution in [-0.2, 0) is 0 Å². The predicted molar refractivity (Wildman–Crippen MR) is 87.7 cm³/mol. The van der Waals surface area contributed by atoms with Gasteiger partial charge in [-0.2, -0.15) is 5.10 Å². The Bertz CT molecular complexity index is 730. The zero-order valence-corrected chi connectivity index (χ0v) is 12.7. The highest BCUT2D eigenvalue weighted by Gasteiger charge is 2.05. The first-order chi connectivity index (χ1) is 10.3. The molecular formula is C17H16ClN3O. The first kappa shape index (κ1) is 15.9. The number of amides is 1. The number of allylic oxidation sites excluding steroid dienone is 4. The SMILES string of the molecule is Cl.O=C(N=c1ccn(C2C=CCC=C2)nc1)c1ccccc1. The first-order valence-electron chi connectivity index (χ1n) is 6.85. The summed E-state index contributed by atoms with van der Waals surface area (Å²) in [4.78, 5) is 16.0. The first-order valence-corrected chi connectivity index (χ1v) is 6.85. The number of halogens is 1. The molecule has 1 aromatic heterocycles. The van der Waals surface area contributed by atoms with Crippen LogP contribution in [0.5, 0.6) is 0 Å². The maximum Gasteiger partial charge on any atom is 0.277 e. The van der Waals surface area contributed by atoms with E-state index in [1.165, 1.54) is 0 Å². The molecule has 0 aliphatic heterocycles. The Kier molecular flexibility index (Phi) is 5.44. The molecule has 0 atom stereocenters. The van der Waals surface area contributed by atoms with Crippen molar-refractivity contribution in [2.24, 2.45) is 4.99 Å². The number of carbonyl (C=O) groups excluding carboxylic acids is 1. The van der Waals surface area contributed by atoms with E-state index in [9.17, 15) is 4.79 Å². The molecule has 1 aliphatic rings. The summed E-state index contributed by atoms with van der Waals surface area (Å²) >= 11 is 0. The highest BCUT2D eigenvalue weighted by Crippen LogP contribution is 2.12. The topological polar surface area (TPSA) is 47.2 Å². The fraction of sp³-hybridized carbons (Fsp3) is 0.118. The van der Waals surface area contributed by atoms with Crippen LogP contribution in [0.1, 0.15) is 22.8 Å². The largest absolute Gasteiger partial charge is 0.277 e. The molecule has 1 aliphatic carbocycles.